The van der Waals surface area contributed by atoms with Crippen LogP contribution in [0.3, 0.4) is 0 Å². The van der Waals surface area contributed by atoms with Gasteiger partial charge in [0.25, 0.3) is 0 Å². The number of nitrogens with zero attached hydrogens (tertiary/aromatic N) is 4. The van der Waals surface area contributed by atoms with Crippen LogP contribution in [0.25, 0.3) is 11.1 Å². The molecule has 0 unspecified atom stereocenters. The molecular formula is C19H24ClN5O2. The zero-order chi connectivity index (χ0) is 19.6. The molecule has 3 rings (SSSR count). The van der Waals surface area contributed by atoms with E-state index in [2.05, 4.69) is 15.1 Å². The number of halogens is 1. The summed E-state index contributed by atoms with van der Waals surface area (Å²) in [5.41, 5.74) is 8.21. The van der Waals surface area contributed by atoms with Gasteiger partial charge in [0.2, 0.25) is 0 Å². The van der Waals surface area contributed by atoms with Gasteiger partial charge in [-0.25, -0.2) is 4.79 Å². The summed E-state index contributed by atoms with van der Waals surface area (Å²) >= 11 is 5.92. The summed E-state index contributed by atoms with van der Waals surface area (Å²) in [4.78, 5) is 16.2. The van der Waals surface area contributed by atoms with E-state index in [-0.39, 0.29) is 6.09 Å². The zero-order valence-corrected chi connectivity index (χ0v) is 16.5. The lowest BCUT2D eigenvalue weighted by Crippen LogP contribution is -2.50. The molecule has 144 valence electrons. The zero-order valence-electron chi connectivity index (χ0n) is 15.8. The highest BCUT2D eigenvalue weighted by Crippen LogP contribution is 2.28. The van der Waals surface area contributed by atoms with Crippen LogP contribution >= 0.6 is 11.6 Å². The first-order chi connectivity index (χ1) is 12.7. The van der Waals surface area contributed by atoms with Crippen LogP contribution in [0.5, 0.6) is 0 Å². The first-order valence-corrected chi connectivity index (χ1v) is 9.23. The smallest absolute Gasteiger partial charge is 0.410 e. The molecule has 7 nitrogen and oxygen atoms in total. The topological polar surface area (TPSA) is 84.6 Å². The highest BCUT2D eigenvalue weighted by atomic mass is 35.5. The van der Waals surface area contributed by atoms with E-state index < -0.39 is 5.60 Å². The van der Waals surface area contributed by atoms with Gasteiger partial charge in [-0.15, -0.1) is 10.2 Å². The third-order valence-electron chi connectivity index (χ3n) is 4.27. The van der Waals surface area contributed by atoms with Crippen molar-refractivity contribution in [3.63, 3.8) is 0 Å². The average molecular weight is 390 g/mol. The van der Waals surface area contributed by atoms with Gasteiger partial charge in [-0.2, -0.15) is 0 Å². The molecule has 0 bridgehead atoms. The maximum Gasteiger partial charge on any atom is 0.410 e. The van der Waals surface area contributed by atoms with Crippen molar-refractivity contribution in [1.29, 1.82) is 0 Å². The summed E-state index contributed by atoms with van der Waals surface area (Å²) in [5.74, 6) is 0.345. The number of anilines is 2. The number of nitrogens with two attached hydrogens (primary N) is 1. The molecule has 1 amide bonds. The van der Waals surface area contributed by atoms with E-state index in [1.165, 1.54) is 0 Å². The van der Waals surface area contributed by atoms with Gasteiger partial charge in [-0.05, 0) is 44.5 Å². The molecule has 27 heavy (non-hydrogen) atoms. The molecular weight excluding hydrogens is 366 g/mol. The van der Waals surface area contributed by atoms with Crippen LogP contribution in [0.15, 0.2) is 30.3 Å². The fourth-order valence-corrected chi connectivity index (χ4v) is 3.08. The number of ether oxygens (including phenoxy) is 1. The van der Waals surface area contributed by atoms with Gasteiger partial charge in [0, 0.05) is 37.4 Å². The van der Waals surface area contributed by atoms with Crippen molar-refractivity contribution in [2.75, 3.05) is 36.8 Å². The Hall–Kier alpha value is -2.54. The molecule has 0 atom stereocenters. The third-order valence-corrected chi connectivity index (χ3v) is 4.45. The molecule has 1 saturated heterocycles. The molecule has 0 spiro atoms. The van der Waals surface area contributed by atoms with E-state index in [9.17, 15) is 4.79 Å². The fraction of sp³-hybridized carbons (Fsp3) is 0.421. The van der Waals surface area contributed by atoms with Gasteiger partial charge in [0.1, 0.15) is 5.60 Å². The van der Waals surface area contributed by atoms with Gasteiger partial charge < -0.3 is 20.3 Å². The molecule has 1 fully saturated rings. The number of carbonyl (C=O) groups excluding carboxylic acids is 1. The Kier molecular flexibility index (Phi) is 5.41. The van der Waals surface area contributed by atoms with E-state index >= 15 is 0 Å². The largest absolute Gasteiger partial charge is 0.444 e. The van der Waals surface area contributed by atoms with Crippen molar-refractivity contribution in [1.82, 2.24) is 15.1 Å². The van der Waals surface area contributed by atoms with Crippen LogP contribution in [-0.2, 0) is 4.74 Å². The molecule has 1 aliphatic heterocycles. The third kappa shape index (κ3) is 4.80. The number of benzene rings is 1. The summed E-state index contributed by atoms with van der Waals surface area (Å²) in [5, 5.41) is 7.90. The maximum absolute atomic E-state index is 12.2. The minimum Gasteiger partial charge on any atom is -0.444 e. The minimum absolute atomic E-state index is 0.255. The first kappa shape index (κ1) is 19.2. The highest BCUT2D eigenvalue weighted by Gasteiger charge is 2.25. The molecule has 0 aliphatic carbocycles. The maximum atomic E-state index is 12.2. The van der Waals surface area contributed by atoms with Crippen molar-refractivity contribution >= 4 is 29.2 Å². The molecule has 0 radical (unpaired) electrons. The molecule has 1 aromatic carbocycles. The number of aromatic nitrogens is 2. The summed E-state index contributed by atoms with van der Waals surface area (Å²) in [7, 11) is 0. The number of hydrogen-bond donors (Lipinski definition) is 1. The molecule has 1 aliphatic rings. The fourth-order valence-electron chi connectivity index (χ4n) is 2.93. The summed E-state index contributed by atoms with van der Waals surface area (Å²) in [6.07, 6.45) is -0.255. The lowest BCUT2D eigenvalue weighted by molar-refractivity contribution is 0.0240. The van der Waals surface area contributed by atoms with E-state index in [4.69, 9.17) is 22.1 Å². The quantitative estimate of drug-likeness (QED) is 0.846. The Morgan fingerprint density at radius 2 is 1.74 bits per heavy atom. The van der Waals surface area contributed by atoms with Crippen LogP contribution in [0.1, 0.15) is 20.8 Å². The summed E-state index contributed by atoms with van der Waals surface area (Å²) in [6.45, 7) is 8.40. The number of hydrogen-bond acceptors (Lipinski definition) is 6. The van der Waals surface area contributed by atoms with Crippen molar-refractivity contribution in [2.45, 2.75) is 26.4 Å². The van der Waals surface area contributed by atoms with E-state index in [0.717, 1.165) is 29.9 Å². The molecule has 0 saturated carbocycles. The van der Waals surface area contributed by atoms with Gasteiger partial charge >= 0.3 is 6.09 Å². The Labute approximate surface area is 164 Å². The highest BCUT2D eigenvalue weighted by molar-refractivity contribution is 6.29. The van der Waals surface area contributed by atoms with Crippen LogP contribution in [0.4, 0.5) is 16.3 Å². The lowest BCUT2D eigenvalue weighted by Gasteiger charge is -2.36. The predicted molar refractivity (Wildman–Crippen MR) is 107 cm³/mol. The van der Waals surface area contributed by atoms with E-state index in [1.54, 1.807) is 11.0 Å². The van der Waals surface area contributed by atoms with Crippen LogP contribution < -0.4 is 10.6 Å². The second-order valence-corrected chi connectivity index (χ2v) is 7.85. The van der Waals surface area contributed by atoms with Crippen LogP contribution in [0, 0.1) is 0 Å². The monoisotopic (exact) mass is 389 g/mol. The Morgan fingerprint density at radius 1 is 1.11 bits per heavy atom. The number of rotatable bonds is 2. The number of carbonyl (C=O) groups is 1. The van der Waals surface area contributed by atoms with Crippen LogP contribution in [0.2, 0.25) is 5.15 Å². The molecule has 1 aromatic heterocycles. The summed E-state index contributed by atoms with van der Waals surface area (Å²) in [6, 6.07) is 9.75. The average Bonchev–Trinajstić information content (AvgIpc) is 2.63. The first-order valence-electron chi connectivity index (χ1n) is 8.85. The standard InChI is InChI=1S/C19H24ClN5O2/c1-19(2,3)27-18(26)25-10-8-24(9-11-25)14-6-4-13(5-7-14)15-12-16(20)22-23-17(15)21/h4-7,12H,8-11H2,1-3H3,(H2,21,23). The number of piperazine rings is 1. The molecule has 2 heterocycles. The minimum atomic E-state index is -0.476. The second kappa shape index (κ2) is 7.60. The second-order valence-electron chi connectivity index (χ2n) is 7.47. The SMILES string of the molecule is CC(C)(C)OC(=O)N1CCN(c2ccc(-c3cc(Cl)nnc3N)cc2)CC1. The van der Waals surface area contributed by atoms with Crippen molar-refractivity contribution in [3.05, 3.63) is 35.5 Å². The van der Waals surface area contributed by atoms with Gasteiger partial charge in [0.15, 0.2) is 11.0 Å². The number of amides is 1. The molecule has 2 N–H and O–H groups in total. The predicted octanol–water partition coefficient (Wildman–Crippen LogP) is 3.44. The Morgan fingerprint density at radius 3 is 2.33 bits per heavy atom. The lowest BCUT2D eigenvalue weighted by atomic mass is 10.1. The normalized spacial score (nSPS) is 15.0. The van der Waals surface area contributed by atoms with Gasteiger partial charge in [0.05, 0.1) is 0 Å². The Balaban J connectivity index is 1.64. The van der Waals surface area contributed by atoms with Crippen molar-refractivity contribution in [3.8, 4) is 11.1 Å². The van der Waals surface area contributed by atoms with Gasteiger partial charge in [-0.3, -0.25) is 0 Å². The van der Waals surface area contributed by atoms with Crippen LogP contribution in [-0.4, -0.2) is 53.0 Å². The molecule has 8 heteroatoms. The summed E-state index contributed by atoms with van der Waals surface area (Å²) < 4.78 is 5.44. The Bertz CT molecular complexity index is 812. The van der Waals surface area contributed by atoms with Crippen molar-refractivity contribution in [2.24, 2.45) is 0 Å². The molecule has 2 aromatic rings. The van der Waals surface area contributed by atoms with E-state index in [0.29, 0.717) is 24.1 Å². The number of nitrogen functional groups attached to an aromatic ring is 1. The van der Waals surface area contributed by atoms with E-state index in [1.807, 2.05) is 45.0 Å². The van der Waals surface area contributed by atoms with Gasteiger partial charge in [-0.1, -0.05) is 23.7 Å². The van der Waals surface area contributed by atoms with Crippen molar-refractivity contribution < 1.29 is 9.53 Å².